The summed E-state index contributed by atoms with van der Waals surface area (Å²) in [6, 6.07) is 8.05. The summed E-state index contributed by atoms with van der Waals surface area (Å²) in [5.41, 5.74) is 0.819. The summed E-state index contributed by atoms with van der Waals surface area (Å²) >= 11 is 1.22. The molecule has 7 nitrogen and oxygen atoms in total. The molecule has 1 aromatic carbocycles. The molecule has 3 amide bonds. The maximum atomic E-state index is 12.3. The predicted octanol–water partition coefficient (Wildman–Crippen LogP) is 2.47. The molecule has 0 unspecified atom stereocenters. The summed E-state index contributed by atoms with van der Waals surface area (Å²) in [7, 11) is 0. The SMILES string of the molecule is CCOC(=O)c1cc(C)sc1NC(=O)CN1C(=O)c2ccccc2C1=O. The van der Waals surface area contributed by atoms with Crippen molar-refractivity contribution in [3.05, 3.63) is 51.9 Å². The van der Waals surface area contributed by atoms with E-state index in [4.69, 9.17) is 4.74 Å². The number of benzene rings is 1. The average Bonchev–Trinajstić information content (AvgIpc) is 3.08. The molecule has 1 aliphatic rings. The van der Waals surface area contributed by atoms with Crippen LogP contribution in [0.3, 0.4) is 0 Å². The van der Waals surface area contributed by atoms with Crippen molar-refractivity contribution in [2.45, 2.75) is 13.8 Å². The van der Waals surface area contributed by atoms with Crippen LogP contribution in [0.15, 0.2) is 30.3 Å². The van der Waals surface area contributed by atoms with Gasteiger partial charge in [-0.05, 0) is 32.0 Å². The minimum Gasteiger partial charge on any atom is -0.462 e. The smallest absolute Gasteiger partial charge is 0.341 e. The highest BCUT2D eigenvalue weighted by atomic mass is 32.1. The zero-order chi connectivity index (χ0) is 18.8. The number of hydrogen-bond acceptors (Lipinski definition) is 6. The second kappa shape index (κ2) is 7.09. The molecule has 0 saturated carbocycles. The largest absolute Gasteiger partial charge is 0.462 e. The third kappa shape index (κ3) is 3.23. The number of nitrogens with zero attached hydrogens (tertiary/aromatic N) is 1. The summed E-state index contributed by atoms with van der Waals surface area (Å²) in [6.45, 7) is 3.28. The van der Waals surface area contributed by atoms with Crippen LogP contribution in [-0.4, -0.2) is 41.7 Å². The highest BCUT2D eigenvalue weighted by Crippen LogP contribution is 2.29. The number of esters is 1. The lowest BCUT2D eigenvalue weighted by atomic mass is 10.1. The Hall–Kier alpha value is -3.00. The van der Waals surface area contributed by atoms with Crippen molar-refractivity contribution in [1.82, 2.24) is 4.90 Å². The van der Waals surface area contributed by atoms with Gasteiger partial charge in [0.05, 0.1) is 23.3 Å². The molecule has 1 N–H and O–H groups in total. The molecule has 26 heavy (non-hydrogen) atoms. The molecule has 0 aliphatic carbocycles. The Bertz CT molecular complexity index is 883. The Morgan fingerprint density at radius 3 is 2.35 bits per heavy atom. The lowest BCUT2D eigenvalue weighted by molar-refractivity contribution is -0.116. The van der Waals surface area contributed by atoms with Crippen LogP contribution in [0, 0.1) is 6.92 Å². The minimum atomic E-state index is -0.563. The van der Waals surface area contributed by atoms with E-state index in [0.717, 1.165) is 9.78 Å². The zero-order valence-corrected chi connectivity index (χ0v) is 15.0. The van der Waals surface area contributed by atoms with Gasteiger partial charge < -0.3 is 10.1 Å². The molecule has 0 atom stereocenters. The quantitative estimate of drug-likeness (QED) is 0.643. The minimum absolute atomic E-state index is 0.218. The molecule has 1 aromatic heterocycles. The normalized spacial score (nSPS) is 12.9. The highest BCUT2D eigenvalue weighted by molar-refractivity contribution is 7.16. The second-order valence-electron chi connectivity index (χ2n) is 5.61. The molecule has 2 aromatic rings. The number of aryl methyl sites for hydroxylation is 1. The van der Waals surface area contributed by atoms with E-state index >= 15 is 0 Å². The van der Waals surface area contributed by atoms with E-state index < -0.39 is 30.2 Å². The Kier molecular flexibility index (Phi) is 4.85. The Labute approximate surface area is 153 Å². The number of rotatable bonds is 5. The molecule has 8 heteroatoms. The third-order valence-corrected chi connectivity index (χ3v) is 4.75. The van der Waals surface area contributed by atoms with Gasteiger partial charge in [0.1, 0.15) is 11.5 Å². The standard InChI is InChI=1S/C18H16N2O5S/c1-3-25-18(24)13-8-10(2)26-15(13)19-14(21)9-20-16(22)11-6-4-5-7-12(11)17(20)23/h4-8H,3,9H2,1-2H3,(H,19,21). The van der Waals surface area contributed by atoms with Crippen molar-refractivity contribution >= 4 is 40.0 Å². The van der Waals surface area contributed by atoms with Crippen molar-refractivity contribution in [3.8, 4) is 0 Å². The molecule has 0 radical (unpaired) electrons. The number of ether oxygens (including phenoxy) is 1. The fourth-order valence-electron chi connectivity index (χ4n) is 2.66. The van der Waals surface area contributed by atoms with Crippen LogP contribution in [0.5, 0.6) is 0 Å². The summed E-state index contributed by atoms with van der Waals surface area (Å²) < 4.78 is 4.97. The van der Waals surface area contributed by atoms with Crippen molar-refractivity contribution < 1.29 is 23.9 Å². The van der Waals surface area contributed by atoms with Crippen molar-refractivity contribution in [3.63, 3.8) is 0 Å². The number of nitrogens with one attached hydrogen (secondary N) is 1. The van der Waals surface area contributed by atoms with Gasteiger partial charge in [0, 0.05) is 4.88 Å². The van der Waals surface area contributed by atoms with Crippen LogP contribution < -0.4 is 5.32 Å². The van der Waals surface area contributed by atoms with Crippen LogP contribution in [0.25, 0.3) is 0 Å². The van der Waals surface area contributed by atoms with E-state index in [1.165, 1.54) is 11.3 Å². The first-order chi connectivity index (χ1) is 12.4. The van der Waals surface area contributed by atoms with Gasteiger partial charge in [-0.3, -0.25) is 19.3 Å². The van der Waals surface area contributed by atoms with Crippen LogP contribution in [-0.2, 0) is 9.53 Å². The van der Waals surface area contributed by atoms with E-state index in [-0.39, 0.29) is 23.3 Å². The van der Waals surface area contributed by atoms with Gasteiger partial charge in [-0.25, -0.2) is 4.79 Å². The fourth-order valence-corrected chi connectivity index (χ4v) is 3.58. The number of carbonyl (C=O) groups excluding carboxylic acids is 4. The number of anilines is 1. The van der Waals surface area contributed by atoms with Crippen molar-refractivity contribution in [1.29, 1.82) is 0 Å². The van der Waals surface area contributed by atoms with E-state index in [1.807, 2.05) is 0 Å². The lowest BCUT2D eigenvalue weighted by Crippen LogP contribution is -2.37. The van der Waals surface area contributed by atoms with E-state index in [0.29, 0.717) is 5.00 Å². The molecule has 134 valence electrons. The topological polar surface area (TPSA) is 92.8 Å². The van der Waals surface area contributed by atoms with Gasteiger partial charge in [0.2, 0.25) is 5.91 Å². The first-order valence-corrected chi connectivity index (χ1v) is 8.76. The molecule has 2 heterocycles. The fraction of sp³-hybridized carbons (Fsp3) is 0.222. The van der Waals surface area contributed by atoms with Gasteiger partial charge in [-0.15, -0.1) is 11.3 Å². The number of imide groups is 1. The van der Waals surface area contributed by atoms with Gasteiger partial charge in [0.15, 0.2) is 0 Å². The lowest BCUT2D eigenvalue weighted by Gasteiger charge is -2.13. The molecule has 0 spiro atoms. The van der Waals surface area contributed by atoms with E-state index in [9.17, 15) is 19.2 Å². The molecule has 0 fully saturated rings. The number of carbonyl (C=O) groups is 4. The summed E-state index contributed by atoms with van der Waals surface area (Å²) in [5.74, 6) is -2.11. The third-order valence-electron chi connectivity index (χ3n) is 3.78. The molecular formula is C18H16N2O5S. The van der Waals surface area contributed by atoms with Crippen molar-refractivity contribution in [2.75, 3.05) is 18.5 Å². The molecule has 0 saturated heterocycles. The number of hydrogen-bond donors (Lipinski definition) is 1. The first kappa shape index (κ1) is 17.8. The van der Waals surface area contributed by atoms with Crippen LogP contribution in [0.4, 0.5) is 5.00 Å². The second-order valence-corrected chi connectivity index (χ2v) is 6.87. The molecule has 3 rings (SSSR count). The van der Waals surface area contributed by atoms with Gasteiger partial charge in [0.25, 0.3) is 11.8 Å². The van der Waals surface area contributed by atoms with Crippen LogP contribution in [0.1, 0.15) is 42.9 Å². The summed E-state index contributed by atoms with van der Waals surface area (Å²) in [4.78, 5) is 50.7. The Balaban J connectivity index is 1.74. The molecular weight excluding hydrogens is 356 g/mol. The Morgan fingerprint density at radius 1 is 1.15 bits per heavy atom. The Morgan fingerprint density at radius 2 is 1.77 bits per heavy atom. The van der Waals surface area contributed by atoms with Gasteiger partial charge in [-0.2, -0.15) is 0 Å². The van der Waals surface area contributed by atoms with E-state index in [2.05, 4.69) is 5.32 Å². The predicted molar refractivity (Wildman–Crippen MR) is 95.5 cm³/mol. The zero-order valence-electron chi connectivity index (χ0n) is 14.2. The van der Waals surface area contributed by atoms with Crippen LogP contribution >= 0.6 is 11.3 Å². The highest BCUT2D eigenvalue weighted by Gasteiger charge is 2.36. The summed E-state index contributed by atoms with van der Waals surface area (Å²) in [5, 5.41) is 2.93. The summed E-state index contributed by atoms with van der Waals surface area (Å²) in [6.07, 6.45) is 0. The molecule has 0 bridgehead atoms. The maximum Gasteiger partial charge on any atom is 0.341 e. The number of fused-ring (bicyclic) bond motifs is 1. The monoisotopic (exact) mass is 372 g/mol. The first-order valence-electron chi connectivity index (χ1n) is 7.95. The van der Waals surface area contributed by atoms with Gasteiger partial charge in [-0.1, -0.05) is 12.1 Å². The number of amides is 3. The maximum absolute atomic E-state index is 12.3. The average molecular weight is 372 g/mol. The van der Waals surface area contributed by atoms with E-state index in [1.54, 1.807) is 44.2 Å². The van der Waals surface area contributed by atoms with Gasteiger partial charge >= 0.3 is 5.97 Å². The molecule has 1 aliphatic heterocycles. The van der Waals surface area contributed by atoms with Crippen molar-refractivity contribution in [2.24, 2.45) is 0 Å². The van der Waals surface area contributed by atoms with Crippen LogP contribution in [0.2, 0.25) is 0 Å². The number of thiophene rings is 1.